The standard InChI is InChI=1S/C13H14ClN3O/c1-8-4-5-15-11(6-8)17-13(14)10(7-18)12(16-17)9-2-3-9/h4-6,9,18H,2-3,7H2,1H3. The molecule has 0 bridgehead atoms. The topological polar surface area (TPSA) is 50.9 Å². The molecule has 4 nitrogen and oxygen atoms in total. The maximum absolute atomic E-state index is 9.43. The van der Waals surface area contributed by atoms with Crippen molar-refractivity contribution in [3.05, 3.63) is 40.3 Å². The van der Waals surface area contributed by atoms with E-state index in [2.05, 4.69) is 10.1 Å². The maximum atomic E-state index is 9.43. The highest BCUT2D eigenvalue weighted by Gasteiger charge is 2.31. The third kappa shape index (κ3) is 1.91. The second-order valence-electron chi connectivity index (χ2n) is 4.69. The van der Waals surface area contributed by atoms with Crippen molar-refractivity contribution in [3.63, 3.8) is 0 Å². The van der Waals surface area contributed by atoms with Crippen molar-refractivity contribution in [3.8, 4) is 5.82 Å². The number of pyridine rings is 1. The zero-order chi connectivity index (χ0) is 12.7. The summed E-state index contributed by atoms with van der Waals surface area (Å²) in [5, 5.41) is 14.4. The van der Waals surface area contributed by atoms with Gasteiger partial charge >= 0.3 is 0 Å². The Balaban J connectivity index is 2.12. The Bertz CT molecular complexity index is 590. The van der Waals surface area contributed by atoms with Gasteiger partial charge in [0.05, 0.1) is 12.3 Å². The van der Waals surface area contributed by atoms with Crippen molar-refractivity contribution in [1.82, 2.24) is 14.8 Å². The van der Waals surface area contributed by atoms with Gasteiger partial charge in [0.1, 0.15) is 5.15 Å². The Labute approximate surface area is 110 Å². The summed E-state index contributed by atoms with van der Waals surface area (Å²) < 4.78 is 1.62. The van der Waals surface area contributed by atoms with E-state index in [1.807, 2.05) is 19.1 Å². The van der Waals surface area contributed by atoms with Crippen molar-refractivity contribution in [2.45, 2.75) is 32.3 Å². The Hall–Kier alpha value is -1.39. The zero-order valence-electron chi connectivity index (χ0n) is 10.1. The van der Waals surface area contributed by atoms with E-state index < -0.39 is 0 Å². The molecule has 5 heteroatoms. The van der Waals surface area contributed by atoms with Crippen molar-refractivity contribution in [2.24, 2.45) is 0 Å². The normalized spacial score (nSPS) is 15.1. The molecule has 0 saturated heterocycles. The quantitative estimate of drug-likeness (QED) is 0.926. The highest BCUT2D eigenvalue weighted by atomic mass is 35.5. The number of aliphatic hydroxyl groups is 1. The van der Waals surface area contributed by atoms with Gasteiger partial charge in [-0.25, -0.2) is 9.67 Å². The fourth-order valence-electron chi connectivity index (χ4n) is 2.06. The Kier molecular flexibility index (Phi) is 2.84. The predicted octanol–water partition coefficient (Wildman–Crippen LogP) is 2.60. The molecule has 0 amide bonds. The second-order valence-corrected chi connectivity index (χ2v) is 5.05. The van der Waals surface area contributed by atoms with Crippen LogP contribution >= 0.6 is 11.6 Å². The average Bonchev–Trinajstić information content (AvgIpc) is 3.13. The van der Waals surface area contributed by atoms with Crippen LogP contribution in [0.25, 0.3) is 5.82 Å². The third-order valence-corrected chi connectivity index (χ3v) is 3.58. The predicted molar refractivity (Wildman–Crippen MR) is 69.0 cm³/mol. The number of aryl methyl sites for hydroxylation is 1. The number of hydrogen-bond acceptors (Lipinski definition) is 3. The Morgan fingerprint density at radius 3 is 2.89 bits per heavy atom. The van der Waals surface area contributed by atoms with Crippen LogP contribution in [0.3, 0.4) is 0 Å². The van der Waals surface area contributed by atoms with Crippen molar-refractivity contribution >= 4 is 11.6 Å². The van der Waals surface area contributed by atoms with Gasteiger partial charge in [0, 0.05) is 17.7 Å². The van der Waals surface area contributed by atoms with Crippen LogP contribution in [0.5, 0.6) is 0 Å². The molecule has 2 aromatic heterocycles. The SMILES string of the molecule is Cc1ccnc(-n2nc(C3CC3)c(CO)c2Cl)c1. The van der Waals surface area contributed by atoms with Gasteiger partial charge in [0.2, 0.25) is 0 Å². The molecule has 94 valence electrons. The summed E-state index contributed by atoms with van der Waals surface area (Å²) in [5.41, 5.74) is 2.76. The molecule has 2 heterocycles. The van der Waals surface area contributed by atoms with Crippen LogP contribution in [0.15, 0.2) is 18.3 Å². The highest BCUT2D eigenvalue weighted by molar-refractivity contribution is 6.30. The van der Waals surface area contributed by atoms with Gasteiger partial charge in [0.25, 0.3) is 0 Å². The van der Waals surface area contributed by atoms with Gasteiger partial charge < -0.3 is 5.11 Å². The molecule has 0 radical (unpaired) electrons. The first-order valence-electron chi connectivity index (χ1n) is 6.02. The van der Waals surface area contributed by atoms with Crippen LogP contribution in [0.1, 0.15) is 35.6 Å². The van der Waals surface area contributed by atoms with E-state index in [-0.39, 0.29) is 6.61 Å². The molecule has 1 fully saturated rings. The Morgan fingerprint density at radius 2 is 2.28 bits per heavy atom. The van der Waals surface area contributed by atoms with Gasteiger partial charge in [-0.3, -0.25) is 0 Å². The molecule has 1 N–H and O–H groups in total. The van der Waals surface area contributed by atoms with Crippen LogP contribution < -0.4 is 0 Å². The molecule has 2 aromatic rings. The minimum Gasteiger partial charge on any atom is -0.391 e. The third-order valence-electron chi connectivity index (χ3n) is 3.19. The van der Waals surface area contributed by atoms with E-state index in [4.69, 9.17) is 11.6 Å². The van der Waals surface area contributed by atoms with Crippen molar-refractivity contribution in [1.29, 1.82) is 0 Å². The molecule has 0 aromatic carbocycles. The summed E-state index contributed by atoms with van der Waals surface area (Å²) in [6, 6.07) is 3.85. The van der Waals surface area contributed by atoms with E-state index in [1.165, 1.54) is 0 Å². The van der Waals surface area contributed by atoms with Gasteiger partial charge in [-0.1, -0.05) is 11.6 Å². The fraction of sp³-hybridized carbons (Fsp3) is 0.385. The monoisotopic (exact) mass is 263 g/mol. The van der Waals surface area contributed by atoms with Gasteiger partial charge in [-0.15, -0.1) is 0 Å². The highest BCUT2D eigenvalue weighted by Crippen LogP contribution is 2.42. The number of halogens is 1. The first-order chi connectivity index (χ1) is 8.70. The molecular weight excluding hydrogens is 250 g/mol. The first kappa shape index (κ1) is 11.7. The van der Waals surface area contributed by atoms with Gasteiger partial charge in [-0.05, 0) is 37.5 Å². The van der Waals surface area contributed by atoms with Crippen LogP contribution in [0, 0.1) is 6.92 Å². The maximum Gasteiger partial charge on any atom is 0.155 e. The smallest absolute Gasteiger partial charge is 0.155 e. The van der Waals surface area contributed by atoms with Crippen LogP contribution in [-0.2, 0) is 6.61 Å². The molecule has 0 spiro atoms. The first-order valence-corrected chi connectivity index (χ1v) is 6.39. The minimum atomic E-state index is -0.0729. The van der Waals surface area contributed by atoms with Crippen LogP contribution in [-0.4, -0.2) is 19.9 Å². The van der Waals surface area contributed by atoms with E-state index in [0.717, 1.165) is 29.7 Å². The van der Waals surface area contributed by atoms with Crippen molar-refractivity contribution < 1.29 is 5.11 Å². The summed E-state index contributed by atoms with van der Waals surface area (Å²) in [6.07, 6.45) is 3.99. The van der Waals surface area contributed by atoms with Gasteiger partial charge in [0.15, 0.2) is 5.82 Å². The van der Waals surface area contributed by atoms with E-state index in [0.29, 0.717) is 16.9 Å². The van der Waals surface area contributed by atoms with Crippen LogP contribution in [0.4, 0.5) is 0 Å². The largest absolute Gasteiger partial charge is 0.391 e. The lowest BCUT2D eigenvalue weighted by molar-refractivity contribution is 0.280. The van der Waals surface area contributed by atoms with E-state index in [9.17, 15) is 5.11 Å². The lowest BCUT2D eigenvalue weighted by Gasteiger charge is -2.02. The molecule has 1 saturated carbocycles. The number of nitrogens with zero attached hydrogens (tertiary/aromatic N) is 3. The van der Waals surface area contributed by atoms with Crippen molar-refractivity contribution in [2.75, 3.05) is 0 Å². The number of rotatable bonds is 3. The number of hydrogen-bond donors (Lipinski definition) is 1. The lowest BCUT2D eigenvalue weighted by atomic mass is 10.2. The minimum absolute atomic E-state index is 0.0729. The summed E-state index contributed by atoms with van der Waals surface area (Å²) in [5.74, 6) is 1.15. The number of aliphatic hydroxyl groups excluding tert-OH is 1. The van der Waals surface area contributed by atoms with Gasteiger partial charge in [-0.2, -0.15) is 5.10 Å². The lowest BCUT2D eigenvalue weighted by Crippen LogP contribution is -2.00. The van der Waals surface area contributed by atoms with E-state index >= 15 is 0 Å². The average molecular weight is 264 g/mol. The molecule has 1 aliphatic carbocycles. The zero-order valence-corrected chi connectivity index (χ0v) is 10.9. The van der Waals surface area contributed by atoms with Crippen LogP contribution in [0.2, 0.25) is 5.15 Å². The summed E-state index contributed by atoms with van der Waals surface area (Å²) >= 11 is 6.29. The molecular formula is C13H14ClN3O. The molecule has 0 unspecified atom stereocenters. The molecule has 1 aliphatic rings. The number of aromatic nitrogens is 3. The molecule has 0 atom stereocenters. The summed E-state index contributed by atoms with van der Waals surface area (Å²) in [7, 11) is 0. The second kappa shape index (κ2) is 4.37. The molecule has 0 aliphatic heterocycles. The summed E-state index contributed by atoms with van der Waals surface area (Å²) in [6.45, 7) is 1.92. The van der Waals surface area contributed by atoms with E-state index in [1.54, 1.807) is 10.9 Å². The Morgan fingerprint density at radius 1 is 1.50 bits per heavy atom. The molecule has 3 rings (SSSR count). The fourth-order valence-corrected chi connectivity index (χ4v) is 2.35. The molecule has 18 heavy (non-hydrogen) atoms. The summed E-state index contributed by atoms with van der Waals surface area (Å²) in [4.78, 5) is 4.27.